The standard InChI is InChI=1S/C14H20N4O/c1-9-13(10(2)18(3)17-9)6-14(15)11-5-12(19-4)8-16-7-11/h5,7-8,14H,6,15H2,1-4H3. The molecule has 0 fully saturated rings. The molecular formula is C14H20N4O. The van der Waals surface area contributed by atoms with Gasteiger partial charge in [0, 0.05) is 25.0 Å². The maximum Gasteiger partial charge on any atom is 0.137 e. The maximum atomic E-state index is 6.27. The molecule has 0 aromatic carbocycles. The van der Waals surface area contributed by atoms with Crippen molar-refractivity contribution >= 4 is 0 Å². The van der Waals surface area contributed by atoms with Gasteiger partial charge in [-0.05, 0) is 37.5 Å². The largest absolute Gasteiger partial charge is 0.495 e. The number of nitrogens with two attached hydrogens (primary N) is 1. The Kier molecular flexibility index (Phi) is 3.85. The monoisotopic (exact) mass is 260 g/mol. The third kappa shape index (κ3) is 2.76. The average Bonchev–Trinajstić information content (AvgIpc) is 2.65. The van der Waals surface area contributed by atoms with Gasteiger partial charge in [-0.15, -0.1) is 0 Å². The highest BCUT2D eigenvalue weighted by atomic mass is 16.5. The van der Waals surface area contributed by atoms with E-state index in [-0.39, 0.29) is 6.04 Å². The van der Waals surface area contributed by atoms with Gasteiger partial charge < -0.3 is 10.5 Å². The molecule has 0 amide bonds. The molecule has 5 heteroatoms. The van der Waals surface area contributed by atoms with Gasteiger partial charge in [-0.1, -0.05) is 0 Å². The van der Waals surface area contributed by atoms with Crippen LogP contribution in [0.4, 0.5) is 0 Å². The van der Waals surface area contributed by atoms with Crippen LogP contribution >= 0.6 is 0 Å². The lowest BCUT2D eigenvalue weighted by molar-refractivity contribution is 0.411. The quantitative estimate of drug-likeness (QED) is 0.908. The van der Waals surface area contributed by atoms with Gasteiger partial charge >= 0.3 is 0 Å². The van der Waals surface area contributed by atoms with Gasteiger partial charge in [0.05, 0.1) is 19.0 Å². The fourth-order valence-electron chi connectivity index (χ4n) is 2.20. The van der Waals surface area contributed by atoms with Crippen molar-refractivity contribution in [3.63, 3.8) is 0 Å². The van der Waals surface area contributed by atoms with Crippen LogP contribution in [0.25, 0.3) is 0 Å². The first-order valence-corrected chi connectivity index (χ1v) is 6.26. The zero-order chi connectivity index (χ0) is 14.0. The fraction of sp³-hybridized carbons (Fsp3) is 0.429. The van der Waals surface area contributed by atoms with Crippen LogP contribution in [-0.4, -0.2) is 21.9 Å². The van der Waals surface area contributed by atoms with Crippen LogP contribution in [0.2, 0.25) is 0 Å². The van der Waals surface area contributed by atoms with Crippen LogP contribution < -0.4 is 10.5 Å². The number of aryl methyl sites for hydroxylation is 2. The molecule has 2 heterocycles. The zero-order valence-corrected chi connectivity index (χ0v) is 11.8. The molecule has 2 aromatic heterocycles. The Bertz CT molecular complexity index is 577. The summed E-state index contributed by atoms with van der Waals surface area (Å²) in [6, 6.07) is 1.82. The molecule has 0 bridgehead atoms. The third-order valence-electron chi connectivity index (χ3n) is 3.48. The number of ether oxygens (including phenoxy) is 1. The average molecular weight is 260 g/mol. The molecule has 2 N–H and O–H groups in total. The Labute approximate surface area is 113 Å². The van der Waals surface area contributed by atoms with Crippen LogP contribution in [-0.2, 0) is 13.5 Å². The lowest BCUT2D eigenvalue weighted by atomic mass is 9.99. The summed E-state index contributed by atoms with van der Waals surface area (Å²) in [5, 5.41) is 4.41. The van der Waals surface area contributed by atoms with Gasteiger partial charge in [-0.2, -0.15) is 5.10 Å². The lowest BCUT2D eigenvalue weighted by Gasteiger charge is -2.13. The molecular weight excluding hydrogens is 240 g/mol. The summed E-state index contributed by atoms with van der Waals surface area (Å²) in [7, 11) is 3.58. The van der Waals surface area contributed by atoms with Crippen LogP contribution in [0.5, 0.6) is 5.75 Å². The Hall–Kier alpha value is -1.88. The second kappa shape index (κ2) is 5.40. The Morgan fingerprint density at radius 3 is 2.68 bits per heavy atom. The predicted molar refractivity (Wildman–Crippen MR) is 74.1 cm³/mol. The van der Waals surface area contributed by atoms with Gasteiger partial charge in [0.2, 0.25) is 0 Å². The van der Waals surface area contributed by atoms with Gasteiger partial charge in [0.15, 0.2) is 0 Å². The first-order valence-electron chi connectivity index (χ1n) is 6.26. The molecule has 1 unspecified atom stereocenters. The van der Waals surface area contributed by atoms with E-state index >= 15 is 0 Å². The third-order valence-corrected chi connectivity index (χ3v) is 3.48. The number of aromatic nitrogens is 3. The molecule has 0 aliphatic rings. The van der Waals surface area contributed by atoms with E-state index in [0.717, 1.165) is 29.1 Å². The van der Waals surface area contributed by atoms with E-state index in [1.165, 1.54) is 5.56 Å². The van der Waals surface area contributed by atoms with Crippen molar-refractivity contribution in [2.75, 3.05) is 7.11 Å². The van der Waals surface area contributed by atoms with Crippen LogP contribution in [0.15, 0.2) is 18.5 Å². The molecule has 0 saturated carbocycles. The Morgan fingerprint density at radius 1 is 1.37 bits per heavy atom. The predicted octanol–water partition coefficient (Wildman–Crippen LogP) is 1.68. The topological polar surface area (TPSA) is 66.0 Å². The molecule has 5 nitrogen and oxygen atoms in total. The lowest BCUT2D eigenvalue weighted by Crippen LogP contribution is -2.14. The summed E-state index contributed by atoms with van der Waals surface area (Å²) < 4.78 is 7.06. The second-order valence-electron chi connectivity index (χ2n) is 4.74. The van der Waals surface area contributed by atoms with Crippen molar-refractivity contribution in [1.82, 2.24) is 14.8 Å². The molecule has 2 aromatic rings. The summed E-state index contributed by atoms with van der Waals surface area (Å²) in [6.07, 6.45) is 4.21. The SMILES string of the molecule is COc1cncc(C(N)Cc2c(C)nn(C)c2C)c1. The van der Waals surface area contributed by atoms with E-state index in [2.05, 4.69) is 17.0 Å². The minimum atomic E-state index is -0.107. The number of hydrogen-bond acceptors (Lipinski definition) is 4. The summed E-state index contributed by atoms with van der Waals surface area (Å²) in [5.74, 6) is 0.729. The molecule has 19 heavy (non-hydrogen) atoms. The zero-order valence-electron chi connectivity index (χ0n) is 11.8. The summed E-state index contributed by atoms with van der Waals surface area (Å²) in [5.41, 5.74) is 10.6. The van der Waals surface area contributed by atoms with Crippen LogP contribution in [0.1, 0.15) is 28.6 Å². The van der Waals surface area contributed by atoms with Crippen molar-refractivity contribution in [2.24, 2.45) is 12.8 Å². The Balaban J connectivity index is 2.22. The van der Waals surface area contributed by atoms with Crippen LogP contribution in [0.3, 0.4) is 0 Å². The van der Waals surface area contributed by atoms with E-state index in [0.29, 0.717) is 0 Å². The van der Waals surface area contributed by atoms with E-state index in [1.54, 1.807) is 19.5 Å². The van der Waals surface area contributed by atoms with E-state index in [1.807, 2.05) is 24.7 Å². The van der Waals surface area contributed by atoms with Gasteiger partial charge in [0.25, 0.3) is 0 Å². The highest BCUT2D eigenvalue weighted by molar-refractivity contribution is 5.30. The van der Waals surface area contributed by atoms with Crippen molar-refractivity contribution in [1.29, 1.82) is 0 Å². The highest BCUT2D eigenvalue weighted by Crippen LogP contribution is 2.22. The van der Waals surface area contributed by atoms with E-state index in [4.69, 9.17) is 10.5 Å². The molecule has 0 aliphatic carbocycles. The number of methoxy groups -OCH3 is 1. The summed E-state index contributed by atoms with van der Waals surface area (Å²) in [4.78, 5) is 4.14. The molecule has 0 saturated heterocycles. The minimum absolute atomic E-state index is 0.107. The number of hydrogen-bond donors (Lipinski definition) is 1. The molecule has 0 aliphatic heterocycles. The number of pyridine rings is 1. The summed E-state index contributed by atoms with van der Waals surface area (Å²) >= 11 is 0. The van der Waals surface area contributed by atoms with Gasteiger partial charge in [-0.3, -0.25) is 9.67 Å². The van der Waals surface area contributed by atoms with Gasteiger partial charge in [-0.25, -0.2) is 0 Å². The molecule has 0 radical (unpaired) electrons. The van der Waals surface area contributed by atoms with Crippen molar-refractivity contribution in [3.8, 4) is 5.75 Å². The van der Waals surface area contributed by atoms with E-state index in [9.17, 15) is 0 Å². The first kappa shape index (κ1) is 13.5. The number of nitrogens with zero attached hydrogens (tertiary/aromatic N) is 3. The molecule has 0 spiro atoms. The summed E-state index contributed by atoms with van der Waals surface area (Å²) in [6.45, 7) is 4.07. The van der Waals surface area contributed by atoms with Crippen LogP contribution in [0, 0.1) is 13.8 Å². The smallest absolute Gasteiger partial charge is 0.137 e. The molecule has 102 valence electrons. The van der Waals surface area contributed by atoms with E-state index < -0.39 is 0 Å². The fourth-order valence-corrected chi connectivity index (χ4v) is 2.20. The van der Waals surface area contributed by atoms with Crippen molar-refractivity contribution in [3.05, 3.63) is 41.0 Å². The second-order valence-corrected chi connectivity index (χ2v) is 4.74. The normalized spacial score (nSPS) is 12.5. The van der Waals surface area contributed by atoms with Crippen molar-refractivity contribution < 1.29 is 4.74 Å². The molecule has 2 rings (SSSR count). The highest BCUT2D eigenvalue weighted by Gasteiger charge is 2.15. The Morgan fingerprint density at radius 2 is 2.11 bits per heavy atom. The van der Waals surface area contributed by atoms with Gasteiger partial charge in [0.1, 0.15) is 5.75 Å². The van der Waals surface area contributed by atoms with Crippen molar-refractivity contribution in [2.45, 2.75) is 26.3 Å². The molecule has 1 atom stereocenters. The minimum Gasteiger partial charge on any atom is -0.495 e. The first-order chi connectivity index (χ1) is 9.02. The maximum absolute atomic E-state index is 6.27. The number of rotatable bonds is 4.